The Morgan fingerprint density at radius 2 is 1.87 bits per heavy atom. The molecule has 15 heavy (non-hydrogen) atoms. The van der Waals surface area contributed by atoms with E-state index in [1.54, 1.807) is 18.7 Å². The summed E-state index contributed by atoms with van der Waals surface area (Å²) in [5, 5.41) is 0. The zero-order valence-electron chi connectivity index (χ0n) is 9.94. The van der Waals surface area contributed by atoms with E-state index in [0.29, 0.717) is 5.82 Å². The molecule has 0 radical (unpaired) electrons. The van der Waals surface area contributed by atoms with Crippen LogP contribution in [0.3, 0.4) is 0 Å². The van der Waals surface area contributed by atoms with Gasteiger partial charge < -0.3 is 0 Å². The molecule has 4 heteroatoms. The molecule has 0 spiro atoms. The van der Waals surface area contributed by atoms with Crippen molar-refractivity contribution in [2.45, 2.75) is 26.2 Å². The van der Waals surface area contributed by atoms with Crippen molar-refractivity contribution in [3.8, 4) is 0 Å². The summed E-state index contributed by atoms with van der Waals surface area (Å²) in [5.74, 6) is 0.540. The van der Waals surface area contributed by atoms with Gasteiger partial charge in [0.05, 0.1) is 0 Å². The molecular weight excluding hydrogens is 208 g/mol. The average molecular weight is 226 g/mol. The van der Waals surface area contributed by atoms with Crippen LogP contribution in [-0.4, -0.2) is 21.7 Å². The summed E-state index contributed by atoms with van der Waals surface area (Å²) < 4.78 is 15.5. The van der Waals surface area contributed by atoms with Gasteiger partial charge in [-0.05, 0) is 17.0 Å². The molecule has 0 aromatic carbocycles. The monoisotopic (exact) mass is 226 g/mol. The van der Waals surface area contributed by atoms with Gasteiger partial charge in [-0.2, -0.15) is 4.36 Å². The van der Waals surface area contributed by atoms with Gasteiger partial charge >= 0.3 is 0 Å². The summed E-state index contributed by atoms with van der Waals surface area (Å²) in [5.41, 5.74) is 1.24. The van der Waals surface area contributed by atoms with Crippen molar-refractivity contribution >= 4 is 15.5 Å². The second-order valence-electron chi connectivity index (χ2n) is 4.93. The Hall–Kier alpha value is -0.900. The quantitative estimate of drug-likeness (QED) is 0.739. The molecule has 0 saturated heterocycles. The molecule has 0 aliphatic heterocycles. The largest absolute Gasteiger partial charge is 0.250 e. The highest BCUT2D eigenvalue weighted by Gasteiger charge is 2.13. The van der Waals surface area contributed by atoms with E-state index >= 15 is 0 Å². The lowest BCUT2D eigenvalue weighted by Crippen LogP contribution is -2.10. The van der Waals surface area contributed by atoms with Gasteiger partial charge in [-0.1, -0.05) is 26.8 Å². The van der Waals surface area contributed by atoms with E-state index in [0.717, 1.165) is 5.56 Å². The third-order valence-corrected chi connectivity index (χ3v) is 2.55. The topological polar surface area (TPSA) is 42.3 Å². The third kappa shape index (κ3) is 4.00. The minimum atomic E-state index is -2.11. The van der Waals surface area contributed by atoms with Gasteiger partial charge in [0.2, 0.25) is 0 Å². The Bertz CT molecular complexity index is 440. The van der Waals surface area contributed by atoms with Crippen LogP contribution in [0.1, 0.15) is 26.3 Å². The Labute approximate surface area is 92.1 Å². The first-order valence-corrected chi connectivity index (χ1v) is 7.15. The molecule has 0 unspecified atom stereocenters. The number of hydrogen-bond acceptors (Lipinski definition) is 3. The van der Waals surface area contributed by atoms with Crippen molar-refractivity contribution in [3.63, 3.8) is 0 Å². The van der Waals surface area contributed by atoms with Gasteiger partial charge in [-0.25, -0.2) is 9.19 Å². The third-order valence-electron chi connectivity index (χ3n) is 1.93. The number of hydrogen-bond donors (Lipinski definition) is 0. The molecule has 1 rings (SSSR count). The number of rotatable bonds is 1. The van der Waals surface area contributed by atoms with Crippen LogP contribution in [0.15, 0.2) is 22.7 Å². The van der Waals surface area contributed by atoms with E-state index in [-0.39, 0.29) is 5.41 Å². The van der Waals surface area contributed by atoms with Gasteiger partial charge in [-0.3, -0.25) is 0 Å². The maximum Gasteiger partial charge on any atom is 0.161 e. The van der Waals surface area contributed by atoms with Crippen LogP contribution in [0.25, 0.3) is 0 Å². The smallest absolute Gasteiger partial charge is 0.161 e. The Morgan fingerprint density at radius 3 is 2.20 bits per heavy atom. The van der Waals surface area contributed by atoms with Crippen LogP contribution in [-0.2, 0) is 15.1 Å². The summed E-state index contributed by atoms with van der Waals surface area (Å²) in [6, 6.07) is 3.80. The summed E-state index contributed by atoms with van der Waals surface area (Å²) in [7, 11) is -2.11. The summed E-state index contributed by atoms with van der Waals surface area (Å²) in [6.45, 7) is 6.39. The first-order chi connectivity index (χ1) is 6.68. The summed E-state index contributed by atoms with van der Waals surface area (Å²) in [6.07, 6.45) is 5.00. The number of nitrogens with zero attached hydrogens (tertiary/aromatic N) is 2. The van der Waals surface area contributed by atoms with Crippen molar-refractivity contribution in [1.82, 2.24) is 4.98 Å². The molecule has 0 atom stereocenters. The van der Waals surface area contributed by atoms with E-state index in [1.807, 2.05) is 12.1 Å². The fourth-order valence-electron chi connectivity index (χ4n) is 1.11. The van der Waals surface area contributed by atoms with Gasteiger partial charge in [-0.15, -0.1) is 0 Å². The Morgan fingerprint density at radius 1 is 1.27 bits per heavy atom. The second kappa shape index (κ2) is 3.93. The maximum absolute atomic E-state index is 11.4. The van der Waals surface area contributed by atoms with Gasteiger partial charge in [0.1, 0.15) is 0 Å². The molecule has 1 aromatic heterocycles. The van der Waals surface area contributed by atoms with E-state index in [1.165, 1.54) is 0 Å². The molecule has 1 heterocycles. The minimum absolute atomic E-state index is 0.0887. The molecule has 0 N–H and O–H groups in total. The zero-order valence-corrected chi connectivity index (χ0v) is 10.8. The van der Waals surface area contributed by atoms with Crippen molar-refractivity contribution in [2.75, 3.05) is 12.5 Å². The standard InChI is InChI=1S/C11H18N2OS/c1-11(2,3)9-6-7-10(12-8-9)13-15(4,5)14/h6-8H,1-5H3. The lowest BCUT2D eigenvalue weighted by Gasteiger charge is -2.17. The fraction of sp³-hybridized carbons (Fsp3) is 0.545. The molecule has 0 fully saturated rings. The lowest BCUT2D eigenvalue weighted by atomic mass is 9.88. The highest BCUT2D eigenvalue weighted by molar-refractivity contribution is 7.92. The highest BCUT2D eigenvalue weighted by atomic mass is 32.2. The number of pyridine rings is 1. The molecule has 3 nitrogen and oxygen atoms in total. The molecular formula is C11H18N2OS. The summed E-state index contributed by atoms with van der Waals surface area (Å²) in [4.78, 5) is 4.18. The molecule has 0 aliphatic carbocycles. The highest BCUT2D eigenvalue weighted by Crippen LogP contribution is 2.22. The van der Waals surface area contributed by atoms with E-state index < -0.39 is 9.73 Å². The van der Waals surface area contributed by atoms with E-state index in [2.05, 4.69) is 30.1 Å². The molecule has 0 bridgehead atoms. The van der Waals surface area contributed by atoms with Crippen molar-refractivity contribution in [1.29, 1.82) is 0 Å². The first-order valence-electron chi connectivity index (χ1n) is 4.82. The first kappa shape index (κ1) is 12.2. The predicted molar refractivity (Wildman–Crippen MR) is 65.0 cm³/mol. The van der Waals surface area contributed by atoms with Gasteiger partial charge in [0.15, 0.2) is 5.82 Å². The van der Waals surface area contributed by atoms with Crippen molar-refractivity contribution < 1.29 is 4.21 Å². The predicted octanol–water partition coefficient (Wildman–Crippen LogP) is 2.74. The Kier molecular flexibility index (Phi) is 3.19. The number of aromatic nitrogens is 1. The van der Waals surface area contributed by atoms with Crippen LogP contribution in [0.5, 0.6) is 0 Å². The molecule has 0 aliphatic rings. The fourth-order valence-corrected chi connectivity index (χ4v) is 1.67. The van der Waals surface area contributed by atoms with Crippen LogP contribution < -0.4 is 0 Å². The van der Waals surface area contributed by atoms with E-state index in [9.17, 15) is 4.21 Å². The van der Waals surface area contributed by atoms with Gasteiger partial charge in [0.25, 0.3) is 0 Å². The minimum Gasteiger partial charge on any atom is -0.250 e. The molecule has 1 aromatic rings. The molecule has 0 saturated carbocycles. The SMILES string of the molecule is CC(C)(C)c1ccc(N=S(C)(C)=O)nc1. The normalized spacial score (nSPS) is 12.6. The molecule has 0 amide bonds. The summed E-state index contributed by atoms with van der Waals surface area (Å²) >= 11 is 0. The average Bonchev–Trinajstić information content (AvgIpc) is 2.00. The van der Waals surface area contributed by atoms with Crippen LogP contribution in [0.2, 0.25) is 0 Å². The van der Waals surface area contributed by atoms with Crippen LogP contribution in [0, 0.1) is 0 Å². The molecule has 84 valence electrons. The van der Waals surface area contributed by atoms with Crippen molar-refractivity contribution in [2.24, 2.45) is 4.36 Å². The van der Waals surface area contributed by atoms with Crippen LogP contribution in [0.4, 0.5) is 5.82 Å². The van der Waals surface area contributed by atoms with Crippen LogP contribution >= 0.6 is 0 Å². The Balaban J connectivity index is 3.07. The lowest BCUT2D eigenvalue weighted by molar-refractivity contribution is 0.587. The van der Waals surface area contributed by atoms with E-state index in [4.69, 9.17) is 0 Å². The van der Waals surface area contributed by atoms with Crippen molar-refractivity contribution in [3.05, 3.63) is 23.9 Å². The second-order valence-corrected chi connectivity index (χ2v) is 7.47. The maximum atomic E-state index is 11.4. The zero-order chi connectivity index (χ0) is 11.7. The van der Waals surface area contributed by atoms with Gasteiger partial charge in [0, 0.05) is 28.4 Å².